The molecule has 1 N–H and O–H groups in total. The first-order chi connectivity index (χ1) is 13.5. The second kappa shape index (κ2) is 11.0. The van der Waals surface area contributed by atoms with E-state index in [-0.39, 0.29) is 0 Å². The third-order valence-corrected chi connectivity index (χ3v) is 7.08. The number of benzene rings is 1. The Morgan fingerprint density at radius 1 is 1.11 bits per heavy atom. The highest BCUT2D eigenvalue weighted by molar-refractivity contribution is 7.08. The number of aliphatic hydroxyl groups is 1. The molecule has 0 aliphatic carbocycles. The molecule has 0 bridgehead atoms. The van der Waals surface area contributed by atoms with Crippen LogP contribution in [0.2, 0.25) is 10.0 Å². The van der Waals surface area contributed by atoms with Crippen LogP contribution in [0.1, 0.15) is 36.3 Å². The fraction of sp³-hybridized carbons (Fsp3) is 0.545. The lowest BCUT2D eigenvalue weighted by Gasteiger charge is -2.27. The molecular formula is C22H30Cl2N2OS. The van der Waals surface area contributed by atoms with Crippen LogP contribution in [-0.4, -0.2) is 54.7 Å². The maximum Gasteiger partial charge on any atom is 0.0465 e. The fourth-order valence-electron chi connectivity index (χ4n) is 3.89. The van der Waals surface area contributed by atoms with E-state index in [0.29, 0.717) is 23.5 Å². The molecule has 1 aromatic heterocycles. The van der Waals surface area contributed by atoms with Crippen molar-refractivity contribution in [2.45, 2.75) is 31.7 Å². The van der Waals surface area contributed by atoms with Crippen LogP contribution in [0.3, 0.4) is 0 Å². The zero-order valence-corrected chi connectivity index (χ0v) is 18.8. The van der Waals surface area contributed by atoms with Gasteiger partial charge in [0.2, 0.25) is 0 Å². The number of hydrogen-bond acceptors (Lipinski definition) is 4. The van der Waals surface area contributed by atoms with Gasteiger partial charge in [-0.25, -0.2) is 0 Å². The largest absolute Gasteiger partial charge is 0.396 e. The summed E-state index contributed by atoms with van der Waals surface area (Å²) in [7, 11) is 2.13. The first kappa shape index (κ1) is 22.1. The van der Waals surface area contributed by atoms with Gasteiger partial charge >= 0.3 is 0 Å². The molecule has 1 atom stereocenters. The molecule has 0 radical (unpaired) electrons. The highest BCUT2D eigenvalue weighted by Gasteiger charge is 2.24. The van der Waals surface area contributed by atoms with Gasteiger partial charge in [0.15, 0.2) is 0 Å². The minimum atomic E-state index is 0.383. The number of nitrogens with zero attached hydrogens (tertiary/aromatic N) is 2. The molecule has 2 saturated heterocycles. The zero-order valence-electron chi connectivity index (χ0n) is 16.5. The number of rotatable bonds is 4. The molecule has 2 aliphatic rings. The predicted octanol–water partition coefficient (Wildman–Crippen LogP) is 5.36. The van der Waals surface area contributed by atoms with Crippen molar-refractivity contribution < 1.29 is 5.11 Å². The molecule has 2 aliphatic heterocycles. The Morgan fingerprint density at radius 2 is 1.89 bits per heavy atom. The van der Waals surface area contributed by atoms with Gasteiger partial charge in [-0.1, -0.05) is 29.3 Å². The lowest BCUT2D eigenvalue weighted by atomic mass is 9.98. The summed E-state index contributed by atoms with van der Waals surface area (Å²) in [6.45, 7) is 5.87. The van der Waals surface area contributed by atoms with Crippen molar-refractivity contribution in [1.82, 2.24) is 9.80 Å². The average molecular weight is 441 g/mol. The van der Waals surface area contributed by atoms with Crippen molar-refractivity contribution in [2.24, 2.45) is 5.92 Å². The molecule has 6 heteroatoms. The number of thiophene rings is 1. The maximum atomic E-state index is 8.76. The Hall–Kier alpha value is -0.620. The van der Waals surface area contributed by atoms with Gasteiger partial charge in [-0.3, -0.25) is 4.90 Å². The topological polar surface area (TPSA) is 26.7 Å². The van der Waals surface area contributed by atoms with Crippen molar-refractivity contribution in [2.75, 3.05) is 39.8 Å². The van der Waals surface area contributed by atoms with E-state index in [4.69, 9.17) is 28.3 Å². The van der Waals surface area contributed by atoms with Crippen LogP contribution in [0.4, 0.5) is 0 Å². The fourth-order valence-corrected chi connectivity index (χ4v) is 5.10. The summed E-state index contributed by atoms with van der Waals surface area (Å²) in [5.41, 5.74) is 2.65. The third-order valence-electron chi connectivity index (χ3n) is 5.79. The molecule has 0 amide bonds. The Bertz CT molecular complexity index is 717. The summed E-state index contributed by atoms with van der Waals surface area (Å²) in [6, 6.07) is 8.01. The second-order valence-corrected chi connectivity index (χ2v) is 9.57. The van der Waals surface area contributed by atoms with E-state index in [2.05, 4.69) is 33.7 Å². The molecule has 2 aromatic rings. The van der Waals surface area contributed by atoms with Crippen LogP contribution in [0.25, 0.3) is 0 Å². The molecule has 3 heterocycles. The Morgan fingerprint density at radius 3 is 2.54 bits per heavy atom. The van der Waals surface area contributed by atoms with Gasteiger partial charge in [-0.05, 0) is 97.9 Å². The summed E-state index contributed by atoms with van der Waals surface area (Å²) in [6.07, 6.45) is 3.59. The summed E-state index contributed by atoms with van der Waals surface area (Å²) in [4.78, 5) is 4.78. The molecule has 3 nitrogen and oxygen atoms in total. The average Bonchev–Trinajstić information content (AvgIpc) is 3.37. The molecule has 28 heavy (non-hydrogen) atoms. The molecule has 2 fully saturated rings. The van der Waals surface area contributed by atoms with Gasteiger partial charge in [0.1, 0.15) is 0 Å². The minimum Gasteiger partial charge on any atom is -0.396 e. The Balaban J connectivity index is 0.000000211. The van der Waals surface area contributed by atoms with E-state index >= 15 is 0 Å². The van der Waals surface area contributed by atoms with E-state index in [0.717, 1.165) is 43.3 Å². The Labute approximate surface area is 182 Å². The minimum absolute atomic E-state index is 0.383. The van der Waals surface area contributed by atoms with Crippen LogP contribution in [0.15, 0.2) is 35.0 Å². The number of hydrogen-bond donors (Lipinski definition) is 1. The van der Waals surface area contributed by atoms with E-state index < -0.39 is 0 Å². The Kier molecular flexibility index (Phi) is 8.64. The van der Waals surface area contributed by atoms with Gasteiger partial charge in [0, 0.05) is 29.7 Å². The summed E-state index contributed by atoms with van der Waals surface area (Å²) in [5, 5.41) is 14.7. The van der Waals surface area contributed by atoms with Crippen LogP contribution < -0.4 is 0 Å². The van der Waals surface area contributed by atoms with Crippen molar-refractivity contribution >= 4 is 34.5 Å². The molecule has 0 spiro atoms. The standard InChI is InChI=1S/C15H15Cl2NS.C7H15NO/c16-14-2-1-12(15(17)7-14)9-18-5-3-11(8-18)13-4-6-19-10-13;1-8-4-2-7(6-9)3-5-8/h1-2,4,6-7,10-11H,3,5,8-9H2;7,9H,2-6H2,1H3/t11-;/m1./s1. The molecular weight excluding hydrogens is 411 g/mol. The van der Waals surface area contributed by atoms with Gasteiger partial charge < -0.3 is 10.0 Å². The molecule has 154 valence electrons. The third kappa shape index (κ3) is 6.45. The molecule has 1 aromatic carbocycles. The first-order valence-electron chi connectivity index (χ1n) is 10.0. The highest BCUT2D eigenvalue weighted by atomic mass is 35.5. The molecule has 0 unspecified atom stereocenters. The number of likely N-dealkylation sites (tertiary alicyclic amines) is 2. The first-order valence-corrected chi connectivity index (χ1v) is 11.7. The monoisotopic (exact) mass is 440 g/mol. The van der Waals surface area contributed by atoms with Crippen molar-refractivity contribution in [3.63, 3.8) is 0 Å². The summed E-state index contributed by atoms with van der Waals surface area (Å²) in [5.74, 6) is 1.26. The van der Waals surface area contributed by atoms with Crippen molar-refractivity contribution in [3.05, 3.63) is 56.2 Å². The van der Waals surface area contributed by atoms with Crippen LogP contribution >= 0.6 is 34.5 Å². The van der Waals surface area contributed by atoms with Gasteiger partial charge in [0.25, 0.3) is 0 Å². The second-order valence-electron chi connectivity index (χ2n) is 7.94. The molecule has 4 rings (SSSR count). The van der Waals surface area contributed by atoms with Crippen LogP contribution in [0.5, 0.6) is 0 Å². The highest BCUT2D eigenvalue weighted by Crippen LogP contribution is 2.31. The maximum absolute atomic E-state index is 8.76. The van der Waals surface area contributed by atoms with Gasteiger partial charge in [0.05, 0.1) is 0 Å². The lowest BCUT2D eigenvalue weighted by molar-refractivity contribution is 0.148. The lowest BCUT2D eigenvalue weighted by Crippen LogP contribution is -2.31. The zero-order chi connectivity index (χ0) is 19.9. The number of aliphatic hydroxyl groups excluding tert-OH is 1. The van der Waals surface area contributed by atoms with E-state index in [1.54, 1.807) is 11.3 Å². The van der Waals surface area contributed by atoms with E-state index in [1.165, 1.54) is 24.8 Å². The SMILES string of the molecule is CN1CCC(CO)CC1.Clc1ccc(CN2CC[C@@H](c3ccsc3)C2)c(Cl)c1. The number of piperidine rings is 1. The smallest absolute Gasteiger partial charge is 0.0465 e. The van der Waals surface area contributed by atoms with E-state index in [1.807, 2.05) is 18.2 Å². The summed E-state index contributed by atoms with van der Waals surface area (Å²) >= 11 is 13.9. The molecule has 0 saturated carbocycles. The predicted molar refractivity (Wildman–Crippen MR) is 121 cm³/mol. The van der Waals surface area contributed by atoms with Crippen molar-refractivity contribution in [1.29, 1.82) is 0 Å². The van der Waals surface area contributed by atoms with E-state index in [9.17, 15) is 0 Å². The van der Waals surface area contributed by atoms with Crippen LogP contribution in [-0.2, 0) is 6.54 Å². The normalized spacial score (nSPS) is 21.5. The quantitative estimate of drug-likeness (QED) is 0.692. The summed E-state index contributed by atoms with van der Waals surface area (Å²) < 4.78 is 0. The van der Waals surface area contributed by atoms with Gasteiger partial charge in [-0.2, -0.15) is 11.3 Å². The van der Waals surface area contributed by atoms with Crippen LogP contribution in [0, 0.1) is 5.92 Å². The number of halogens is 2. The van der Waals surface area contributed by atoms with Crippen molar-refractivity contribution in [3.8, 4) is 0 Å². The van der Waals surface area contributed by atoms with Gasteiger partial charge in [-0.15, -0.1) is 0 Å².